The fraction of sp³-hybridized carbons (Fsp3) is 0.833. The zero-order valence-corrected chi connectivity index (χ0v) is 7.99. The zero-order chi connectivity index (χ0) is 8.32. The third-order valence-electron chi connectivity index (χ3n) is 1.46. The van der Waals surface area contributed by atoms with E-state index >= 15 is 0 Å². The van der Waals surface area contributed by atoms with Gasteiger partial charge in [-0.1, -0.05) is 0 Å². The lowest BCUT2D eigenvalue weighted by Gasteiger charge is -2.02. The number of sulfone groups is 1. The molecular weight excluding hydrogens is 182 g/mol. The minimum absolute atomic E-state index is 0.231. The van der Waals surface area contributed by atoms with Crippen LogP contribution in [0.5, 0.6) is 0 Å². The van der Waals surface area contributed by atoms with Gasteiger partial charge in [-0.3, -0.25) is 4.99 Å². The lowest BCUT2D eigenvalue weighted by Crippen LogP contribution is -2.12. The van der Waals surface area contributed by atoms with E-state index in [9.17, 15) is 8.42 Å². The summed E-state index contributed by atoms with van der Waals surface area (Å²) in [7, 11) is -2.79. The molecule has 0 spiro atoms. The Kier molecular flexibility index (Phi) is 2.95. The number of thioether (sulfide) groups is 1. The highest BCUT2D eigenvalue weighted by Gasteiger charge is 2.13. The first-order valence-corrected chi connectivity index (χ1v) is 6.50. The molecule has 0 amide bonds. The van der Waals surface area contributed by atoms with Crippen molar-refractivity contribution in [1.29, 1.82) is 0 Å². The summed E-state index contributed by atoms with van der Waals surface area (Å²) in [6, 6.07) is 0.231. The third kappa shape index (κ3) is 3.76. The molecule has 1 atom stereocenters. The minimum atomic E-state index is -2.79. The van der Waals surface area contributed by atoms with Gasteiger partial charge in [-0.15, -0.1) is 11.8 Å². The van der Waals surface area contributed by atoms with Gasteiger partial charge in [0.15, 0.2) is 0 Å². The maximum Gasteiger partial charge on any atom is 0.147 e. The summed E-state index contributed by atoms with van der Waals surface area (Å²) in [5.41, 5.74) is 1.80. The molecule has 1 aliphatic heterocycles. The van der Waals surface area contributed by atoms with Crippen LogP contribution in [0.3, 0.4) is 0 Å². The van der Waals surface area contributed by atoms with E-state index in [0.29, 0.717) is 6.42 Å². The molecule has 0 saturated heterocycles. The number of hydrogen-bond acceptors (Lipinski definition) is 4. The van der Waals surface area contributed by atoms with Crippen LogP contribution in [0.25, 0.3) is 0 Å². The van der Waals surface area contributed by atoms with E-state index in [1.165, 1.54) is 6.26 Å². The molecule has 0 unspecified atom stereocenters. The van der Waals surface area contributed by atoms with E-state index in [4.69, 9.17) is 0 Å². The van der Waals surface area contributed by atoms with Crippen LogP contribution in [0.2, 0.25) is 0 Å². The molecule has 1 heterocycles. The molecule has 0 aromatic heterocycles. The number of hydrogen-bond donors (Lipinski definition) is 0. The van der Waals surface area contributed by atoms with Gasteiger partial charge in [0.05, 0.1) is 17.3 Å². The van der Waals surface area contributed by atoms with Gasteiger partial charge in [-0.05, 0) is 6.42 Å². The number of nitrogens with zero attached hydrogens (tertiary/aromatic N) is 1. The van der Waals surface area contributed by atoms with Gasteiger partial charge in [-0.25, -0.2) is 8.42 Å². The van der Waals surface area contributed by atoms with Crippen LogP contribution in [0.1, 0.15) is 6.42 Å². The van der Waals surface area contributed by atoms with Crippen LogP contribution in [0.15, 0.2) is 4.99 Å². The van der Waals surface area contributed by atoms with E-state index in [1.54, 1.807) is 17.3 Å². The number of aliphatic imine (C=N–C) groups is 1. The predicted octanol–water partition coefficient (Wildman–Crippen LogP) is 0.565. The maximum absolute atomic E-state index is 10.7. The highest BCUT2D eigenvalue weighted by atomic mass is 32.2. The second-order valence-corrected chi connectivity index (χ2v) is 5.80. The second-order valence-electron chi connectivity index (χ2n) is 2.66. The highest BCUT2D eigenvalue weighted by molar-refractivity contribution is 8.12. The topological polar surface area (TPSA) is 46.5 Å². The molecule has 64 valence electrons. The lowest BCUT2D eigenvalue weighted by atomic mass is 10.3. The van der Waals surface area contributed by atoms with E-state index in [2.05, 4.69) is 4.99 Å². The molecule has 0 fully saturated rings. The van der Waals surface area contributed by atoms with Crippen molar-refractivity contribution in [2.24, 2.45) is 4.99 Å². The molecule has 0 saturated carbocycles. The first-order chi connectivity index (χ1) is 5.08. The standard InChI is InChI=1S/C6H11NO2S2/c1-11(8,9)3-2-6-4-10-5-7-6/h5-6H,2-4H2,1H3/t6-/m1/s1. The van der Waals surface area contributed by atoms with Gasteiger partial charge in [0.1, 0.15) is 9.84 Å². The lowest BCUT2D eigenvalue weighted by molar-refractivity contribution is 0.594. The van der Waals surface area contributed by atoms with Crippen molar-refractivity contribution >= 4 is 27.1 Å². The fourth-order valence-electron chi connectivity index (χ4n) is 0.834. The number of rotatable bonds is 3. The van der Waals surface area contributed by atoms with Gasteiger partial charge < -0.3 is 0 Å². The van der Waals surface area contributed by atoms with Gasteiger partial charge in [-0.2, -0.15) is 0 Å². The van der Waals surface area contributed by atoms with E-state index < -0.39 is 9.84 Å². The Bertz CT molecular complexity index is 245. The highest BCUT2D eigenvalue weighted by Crippen LogP contribution is 2.14. The molecule has 1 aliphatic rings. The quantitative estimate of drug-likeness (QED) is 0.658. The Labute approximate surface area is 71.2 Å². The molecule has 11 heavy (non-hydrogen) atoms. The largest absolute Gasteiger partial charge is 0.282 e. The normalized spacial score (nSPS) is 24.3. The van der Waals surface area contributed by atoms with Crippen LogP contribution >= 0.6 is 11.8 Å². The van der Waals surface area contributed by atoms with Crippen molar-refractivity contribution in [3.05, 3.63) is 0 Å². The molecule has 0 radical (unpaired) electrons. The second kappa shape index (κ2) is 3.58. The molecule has 0 aliphatic carbocycles. The molecular formula is C6H11NO2S2. The molecule has 5 heteroatoms. The smallest absolute Gasteiger partial charge is 0.147 e. The van der Waals surface area contributed by atoms with Crippen LogP contribution < -0.4 is 0 Å². The summed E-state index contributed by atoms with van der Waals surface area (Å²) in [5.74, 6) is 1.20. The third-order valence-corrected chi connectivity index (χ3v) is 3.28. The SMILES string of the molecule is CS(=O)(=O)CC[C@@H]1CSC=N1. The van der Waals surface area contributed by atoms with Gasteiger partial charge in [0, 0.05) is 12.0 Å². The summed E-state index contributed by atoms with van der Waals surface area (Å²) in [6.07, 6.45) is 1.93. The Morgan fingerprint density at radius 1 is 1.73 bits per heavy atom. The van der Waals surface area contributed by atoms with Crippen molar-refractivity contribution < 1.29 is 8.42 Å². The van der Waals surface area contributed by atoms with Crippen LogP contribution in [0.4, 0.5) is 0 Å². The Morgan fingerprint density at radius 3 is 2.91 bits per heavy atom. The summed E-state index contributed by atoms with van der Waals surface area (Å²) in [4.78, 5) is 4.11. The average molecular weight is 193 g/mol. The van der Waals surface area contributed by atoms with Crippen molar-refractivity contribution in [2.45, 2.75) is 12.5 Å². The first-order valence-electron chi connectivity index (χ1n) is 3.39. The van der Waals surface area contributed by atoms with Gasteiger partial charge in [0.2, 0.25) is 0 Å². The van der Waals surface area contributed by atoms with Crippen LogP contribution in [-0.2, 0) is 9.84 Å². The Morgan fingerprint density at radius 2 is 2.45 bits per heavy atom. The average Bonchev–Trinajstić information content (AvgIpc) is 2.32. The Balaban J connectivity index is 2.28. The molecule has 0 aromatic rings. The summed E-state index contributed by atoms with van der Waals surface area (Å²) >= 11 is 1.65. The van der Waals surface area contributed by atoms with Crippen molar-refractivity contribution in [1.82, 2.24) is 0 Å². The Hall–Kier alpha value is -0.0300. The van der Waals surface area contributed by atoms with E-state index in [-0.39, 0.29) is 11.8 Å². The fourth-order valence-corrected chi connectivity index (χ4v) is 2.35. The minimum Gasteiger partial charge on any atom is -0.282 e. The molecule has 0 aromatic carbocycles. The summed E-state index contributed by atoms with van der Waals surface area (Å²) in [6.45, 7) is 0. The maximum atomic E-state index is 10.7. The van der Waals surface area contributed by atoms with Crippen molar-refractivity contribution in [3.63, 3.8) is 0 Å². The zero-order valence-electron chi connectivity index (χ0n) is 6.36. The molecule has 3 nitrogen and oxygen atoms in total. The van der Waals surface area contributed by atoms with Crippen LogP contribution in [-0.4, -0.2) is 37.8 Å². The van der Waals surface area contributed by atoms with Crippen LogP contribution in [0, 0.1) is 0 Å². The molecule has 0 N–H and O–H groups in total. The van der Waals surface area contributed by atoms with E-state index in [1.807, 2.05) is 0 Å². The predicted molar refractivity (Wildman–Crippen MR) is 49.1 cm³/mol. The van der Waals surface area contributed by atoms with Crippen molar-refractivity contribution in [3.8, 4) is 0 Å². The summed E-state index contributed by atoms with van der Waals surface area (Å²) < 4.78 is 21.5. The van der Waals surface area contributed by atoms with E-state index in [0.717, 1.165) is 5.75 Å². The molecule has 0 bridgehead atoms. The summed E-state index contributed by atoms with van der Waals surface area (Å²) in [5, 5.41) is 0. The van der Waals surface area contributed by atoms with Gasteiger partial charge >= 0.3 is 0 Å². The first kappa shape index (κ1) is 9.06. The monoisotopic (exact) mass is 193 g/mol. The molecule has 1 rings (SSSR count). The van der Waals surface area contributed by atoms with Gasteiger partial charge in [0.25, 0.3) is 0 Å². The van der Waals surface area contributed by atoms with Crippen molar-refractivity contribution in [2.75, 3.05) is 17.8 Å².